The standard InChI is InChI=1S/C13H11NO4S2/c15-9-4-2-1-3-8(9)7-10-12(18)14(13(19)20-10)6-5-11(16)17/h1-4,7,15H,5-6H2,(H,16,17)/b10-7+. The number of para-hydroxylation sites is 1. The molecule has 1 amide bonds. The normalized spacial score (nSPS) is 17.0. The van der Waals surface area contributed by atoms with Crippen LogP contribution in [0, 0.1) is 0 Å². The third kappa shape index (κ3) is 3.17. The fourth-order valence-corrected chi connectivity index (χ4v) is 2.95. The molecule has 104 valence electrons. The number of benzene rings is 1. The third-order valence-corrected chi connectivity index (χ3v) is 4.02. The number of amides is 1. The minimum Gasteiger partial charge on any atom is -0.507 e. The van der Waals surface area contributed by atoms with Gasteiger partial charge in [0.25, 0.3) is 5.91 Å². The largest absolute Gasteiger partial charge is 0.507 e. The Morgan fingerprint density at radius 1 is 1.40 bits per heavy atom. The molecule has 1 saturated heterocycles. The van der Waals surface area contributed by atoms with Crippen molar-refractivity contribution >= 4 is 46.3 Å². The molecule has 0 radical (unpaired) electrons. The van der Waals surface area contributed by atoms with Crippen LogP contribution in [-0.4, -0.2) is 37.9 Å². The molecule has 1 fully saturated rings. The average Bonchev–Trinajstić information content (AvgIpc) is 2.65. The Morgan fingerprint density at radius 2 is 2.10 bits per heavy atom. The molecule has 2 rings (SSSR count). The summed E-state index contributed by atoms with van der Waals surface area (Å²) in [5, 5.41) is 18.3. The first-order valence-corrected chi connectivity index (χ1v) is 6.96. The lowest BCUT2D eigenvalue weighted by Crippen LogP contribution is -2.30. The Labute approximate surface area is 124 Å². The van der Waals surface area contributed by atoms with E-state index < -0.39 is 5.97 Å². The van der Waals surface area contributed by atoms with Gasteiger partial charge in [-0.15, -0.1) is 0 Å². The van der Waals surface area contributed by atoms with Gasteiger partial charge in [-0.1, -0.05) is 42.2 Å². The summed E-state index contributed by atoms with van der Waals surface area (Å²) in [7, 11) is 0. The molecule has 0 bridgehead atoms. The summed E-state index contributed by atoms with van der Waals surface area (Å²) in [4.78, 5) is 24.3. The third-order valence-electron chi connectivity index (χ3n) is 2.65. The van der Waals surface area contributed by atoms with Crippen LogP contribution in [0.5, 0.6) is 5.75 Å². The highest BCUT2D eigenvalue weighted by Gasteiger charge is 2.32. The molecule has 1 heterocycles. The van der Waals surface area contributed by atoms with Crippen molar-refractivity contribution in [3.63, 3.8) is 0 Å². The lowest BCUT2D eigenvalue weighted by atomic mass is 10.2. The first-order valence-electron chi connectivity index (χ1n) is 5.74. The number of thiocarbonyl (C=S) groups is 1. The number of phenolic OH excluding ortho intramolecular Hbond substituents is 1. The number of carboxylic acid groups (broad SMARTS) is 1. The highest BCUT2D eigenvalue weighted by atomic mass is 32.2. The Kier molecular flexibility index (Phi) is 4.41. The fourth-order valence-electron chi connectivity index (χ4n) is 1.65. The topological polar surface area (TPSA) is 77.8 Å². The molecule has 0 atom stereocenters. The summed E-state index contributed by atoms with van der Waals surface area (Å²) in [6, 6.07) is 6.64. The number of hydrogen-bond donors (Lipinski definition) is 2. The minimum atomic E-state index is -0.983. The van der Waals surface area contributed by atoms with Crippen molar-refractivity contribution in [3.05, 3.63) is 34.7 Å². The van der Waals surface area contributed by atoms with Crippen molar-refractivity contribution in [3.8, 4) is 5.75 Å². The summed E-state index contributed by atoms with van der Waals surface area (Å²) in [5.74, 6) is -1.24. The second-order valence-electron chi connectivity index (χ2n) is 4.04. The van der Waals surface area contributed by atoms with Gasteiger partial charge in [-0.2, -0.15) is 0 Å². The van der Waals surface area contributed by atoms with Gasteiger partial charge in [0.05, 0.1) is 11.3 Å². The zero-order valence-corrected chi connectivity index (χ0v) is 11.9. The van der Waals surface area contributed by atoms with Crippen molar-refractivity contribution in [1.29, 1.82) is 0 Å². The van der Waals surface area contributed by atoms with E-state index in [1.807, 2.05) is 0 Å². The summed E-state index contributed by atoms with van der Waals surface area (Å²) < 4.78 is 0.331. The highest BCUT2D eigenvalue weighted by molar-refractivity contribution is 8.26. The molecule has 0 aromatic heterocycles. The predicted molar refractivity (Wildman–Crippen MR) is 80.2 cm³/mol. The molecule has 1 aromatic rings. The number of aromatic hydroxyl groups is 1. The Bertz CT molecular complexity index is 612. The number of carbonyl (C=O) groups excluding carboxylic acids is 1. The molecule has 0 unspecified atom stereocenters. The van der Waals surface area contributed by atoms with E-state index in [9.17, 15) is 14.7 Å². The van der Waals surface area contributed by atoms with Crippen LogP contribution in [0.25, 0.3) is 6.08 Å². The van der Waals surface area contributed by atoms with Crippen LogP contribution in [0.4, 0.5) is 0 Å². The van der Waals surface area contributed by atoms with Gasteiger partial charge in [-0.25, -0.2) is 0 Å². The maximum absolute atomic E-state index is 12.1. The highest BCUT2D eigenvalue weighted by Crippen LogP contribution is 2.33. The van der Waals surface area contributed by atoms with Crippen molar-refractivity contribution in [2.75, 3.05) is 6.54 Å². The van der Waals surface area contributed by atoms with Crippen LogP contribution < -0.4 is 0 Å². The number of phenols is 1. The van der Waals surface area contributed by atoms with Gasteiger partial charge < -0.3 is 10.2 Å². The summed E-state index contributed by atoms with van der Waals surface area (Å²) >= 11 is 6.17. The van der Waals surface area contributed by atoms with E-state index in [0.29, 0.717) is 14.8 Å². The number of thioether (sulfide) groups is 1. The molecule has 7 heteroatoms. The van der Waals surface area contributed by atoms with Gasteiger partial charge in [-0.05, 0) is 12.1 Å². The quantitative estimate of drug-likeness (QED) is 0.655. The summed E-state index contributed by atoms with van der Waals surface area (Å²) in [5.41, 5.74) is 0.520. The maximum atomic E-state index is 12.1. The molecule has 5 nitrogen and oxygen atoms in total. The molecule has 1 aliphatic heterocycles. The second-order valence-corrected chi connectivity index (χ2v) is 5.71. The Hall–Kier alpha value is -1.86. The first-order chi connectivity index (χ1) is 9.49. The van der Waals surface area contributed by atoms with Crippen LogP contribution in [0.3, 0.4) is 0 Å². The fraction of sp³-hybridized carbons (Fsp3) is 0.154. The van der Waals surface area contributed by atoms with E-state index in [0.717, 1.165) is 11.8 Å². The summed E-state index contributed by atoms with van der Waals surface area (Å²) in [6.45, 7) is 0.0537. The van der Waals surface area contributed by atoms with Crippen LogP contribution in [0.2, 0.25) is 0 Å². The van der Waals surface area contributed by atoms with Gasteiger partial charge in [0.15, 0.2) is 0 Å². The van der Waals surface area contributed by atoms with E-state index in [1.165, 1.54) is 11.0 Å². The Balaban J connectivity index is 2.19. The summed E-state index contributed by atoms with van der Waals surface area (Å²) in [6.07, 6.45) is 1.39. The van der Waals surface area contributed by atoms with E-state index in [1.54, 1.807) is 24.3 Å². The van der Waals surface area contributed by atoms with Crippen LogP contribution in [-0.2, 0) is 9.59 Å². The van der Waals surface area contributed by atoms with Crippen molar-refractivity contribution in [2.24, 2.45) is 0 Å². The Morgan fingerprint density at radius 3 is 2.75 bits per heavy atom. The molecular formula is C13H11NO4S2. The van der Waals surface area contributed by atoms with E-state index in [2.05, 4.69) is 0 Å². The molecule has 2 N–H and O–H groups in total. The number of hydrogen-bond acceptors (Lipinski definition) is 5. The predicted octanol–water partition coefficient (Wildman–Crippen LogP) is 2.07. The second kappa shape index (κ2) is 6.06. The smallest absolute Gasteiger partial charge is 0.305 e. The average molecular weight is 309 g/mol. The number of carboxylic acids is 1. The number of nitrogens with zero attached hydrogens (tertiary/aromatic N) is 1. The molecule has 0 spiro atoms. The zero-order valence-electron chi connectivity index (χ0n) is 10.3. The van der Waals surface area contributed by atoms with Gasteiger partial charge in [0.2, 0.25) is 0 Å². The number of rotatable bonds is 4. The molecule has 0 aliphatic carbocycles. The molecule has 20 heavy (non-hydrogen) atoms. The van der Waals surface area contributed by atoms with Crippen LogP contribution >= 0.6 is 24.0 Å². The molecule has 1 aromatic carbocycles. The van der Waals surface area contributed by atoms with Gasteiger partial charge >= 0.3 is 5.97 Å². The van der Waals surface area contributed by atoms with Gasteiger partial charge in [-0.3, -0.25) is 14.5 Å². The van der Waals surface area contributed by atoms with Crippen LogP contribution in [0.1, 0.15) is 12.0 Å². The molecule has 1 aliphatic rings. The van der Waals surface area contributed by atoms with E-state index in [-0.39, 0.29) is 24.6 Å². The van der Waals surface area contributed by atoms with Crippen molar-refractivity contribution in [2.45, 2.75) is 6.42 Å². The van der Waals surface area contributed by atoms with Crippen molar-refractivity contribution < 1.29 is 19.8 Å². The minimum absolute atomic E-state index is 0.0537. The van der Waals surface area contributed by atoms with Crippen molar-refractivity contribution in [1.82, 2.24) is 4.90 Å². The van der Waals surface area contributed by atoms with E-state index in [4.69, 9.17) is 17.3 Å². The monoisotopic (exact) mass is 309 g/mol. The van der Waals surface area contributed by atoms with E-state index >= 15 is 0 Å². The zero-order chi connectivity index (χ0) is 14.7. The number of aliphatic carboxylic acids is 1. The van der Waals surface area contributed by atoms with Gasteiger partial charge in [0.1, 0.15) is 10.1 Å². The number of carbonyl (C=O) groups is 2. The lowest BCUT2D eigenvalue weighted by Gasteiger charge is -2.12. The van der Waals surface area contributed by atoms with Gasteiger partial charge in [0, 0.05) is 12.1 Å². The SMILES string of the molecule is O=C(O)CCN1C(=O)/C(=C\c2ccccc2O)SC1=S. The maximum Gasteiger partial charge on any atom is 0.305 e. The first kappa shape index (κ1) is 14.5. The van der Waals surface area contributed by atoms with Crippen LogP contribution in [0.15, 0.2) is 29.2 Å². The molecule has 0 saturated carbocycles. The molecular weight excluding hydrogens is 298 g/mol. The lowest BCUT2D eigenvalue weighted by molar-refractivity contribution is -0.137.